The van der Waals surface area contributed by atoms with E-state index in [1.807, 2.05) is 0 Å². The zero-order valence-corrected chi connectivity index (χ0v) is 15.5. The molecule has 2 atom stereocenters. The number of anilines is 2. The summed E-state index contributed by atoms with van der Waals surface area (Å²) in [6.45, 7) is 1.37. The van der Waals surface area contributed by atoms with Gasteiger partial charge in [0.2, 0.25) is 0 Å². The Balaban J connectivity index is 1.54. The van der Waals surface area contributed by atoms with Crippen molar-refractivity contribution < 1.29 is 28.2 Å². The van der Waals surface area contributed by atoms with Crippen LogP contribution in [0.2, 0.25) is 5.02 Å². The minimum absolute atomic E-state index is 0.150. The van der Waals surface area contributed by atoms with E-state index < -0.39 is 35.8 Å². The topological polar surface area (TPSA) is 93.7 Å². The highest BCUT2D eigenvalue weighted by molar-refractivity contribution is 6.31. The van der Waals surface area contributed by atoms with Gasteiger partial charge < -0.3 is 20.1 Å². The van der Waals surface area contributed by atoms with Gasteiger partial charge in [0.1, 0.15) is 11.6 Å². The van der Waals surface area contributed by atoms with E-state index in [1.165, 1.54) is 19.1 Å². The summed E-state index contributed by atoms with van der Waals surface area (Å²) in [6.07, 6.45) is -2.57. The summed E-state index contributed by atoms with van der Waals surface area (Å²) in [6, 6.07) is 10.5. The fourth-order valence-electron chi connectivity index (χ4n) is 2.49. The number of fused-ring (bicyclic) bond motifs is 1. The normalized spacial score (nSPS) is 16.2. The number of hydrogen-bond acceptors (Lipinski definition) is 5. The number of rotatable bonds is 5. The molecule has 9 heteroatoms. The average molecular weight is 407 g/mol. The molecule has 28 heavy (non-hydrogen) atoms. The molecule has 2 amide bonds. The average Bonchev–Trinajstić information content (AvgIpc) is 2.65. The molecule has 0 fully saturated rings. The van der Waals surface area contributed by atoms with Gasteiger partial charge in [0.25, 0.3) is 11.8 Å². The standard InChI is InChI=1S/C19H16ClFN2O5/c1-10(18(25)22-11-6-7-13(21)12(20)8-11)27-17(24)9-16-19(26)23-14-4-2-3-5-15(14)28-16/h2-8,10,16H,9H2,1H3,(H,22,25)(H,23,26)/t10-,16-/m0/s1. The molecule has 0 spiro atoms. The van der Waals surface area contributed by atoms with Crippen LogP contribution in [0.3, 0.4) is 0 Å². The summed E-state index contributed by atoms with van der Waals surface area (Å²) in [5.41, 5.74) is 0.772. The third-order valence-corrected chi connectivity index (χ3v) is 4.21. The van der Waals surface area contributed by atoms with Crippen molar-refractivity contribution in [3.05, 3.63) is 53.3 Å². The Kier molecular flexibility index (Phi) is 5.79. The zero-order chi connectivity index (χ0) is 20.3. The molecule has 0 saturated heterocycles. The van der Waals surface area contributed by atoms with Crippen molar-refractivity contribution in [1.29, 1.82) is 0 Å². The maximum atomic E-state index is 13.2. The number of benzene rings is 2. The van der Waals surface area contributed by atoms with Crippen LogP contribution in [0, 0.1) is 5.82 Å². The fourth-order valence-corrected chi connectivity index (χ4v) is 2.68. The van der Waals surface area contributed by atoms with Gasteiger partial charge in [0.15, 0.2) is 12.2 Å². The highest BCUT2D eigenvalue weighted by atomic mass is 35.5. The lowest BCUT2D eigenvalue weighted by molar-refractivity contribution is -0.155. The molecule has 1 aliphatic rings. The first-order valence-electron chi connectivity index (χ1n) is 8.35. The van der Waals surface area contributed by atoms with Crippen LogP contribution in [-0.2, 0) is 19.1 Å². The first kappa shape index (κ1) is 19.6. The molecule has 2 N–H and O–H groups in total. The molecule has 0 unspecified atom stereocenters. The van der Waals surface area contributed by atoms with Crippen LogP contribution in [0.4, 0.5) is 15.8 Å². The van der Waals surface area contributed by atoms with Gasteiger partial charge in [-0.3, -0.25) is 14.4 Å². The van der Waals surface area contributed by atoms with Crippen LogP contribution in [0.5, 0.6) is 5.75 Å². The number of para-hydroxylation sites is 2. The molecule has 0 aliphatic carbocycles. The number of esters is 1. The van der Waals surface area contributed by atoms with Crippen molar-refractivity contribution in [2.75, 3.05) is 10.6 Å². The van der Waals surface area contributed by atoms with E-state index in [0.717, 1.165) is 6.07 Å². The number of halogens is 2. The van der Waals surface area contributed by atoms with Crippen LogP contribution < -0.4 is 15.4 Å². The van der Waals surface area contributed by atoms with Crippen molar-refractivity contribution in [1.82, 2.24) is 0 Å². The lowest BCUT2D eigenvalue weighted by atomic mass is 10.1. The van der Waals surface area contributed by atoms with Crippen LogP contribution in [0.15, 0.2) is 42.5 Å². The van der Waals surface area contributed by atoms with E-state index >= 15 is 0 Å². The second-order valence-electron chi connectivity index (χ2n) is 6.05. The number of ether oxygens (including phenoxy) is 2. The smallest absolute Gasteiger partial charge is 0.310 e. The number of carbonyl (C=O) groups excluding carboxylic acids is 3. The van der Waals surface area contributed by atoms with Crippen molar-refractivity contribution in [2.24, 2.45) is 0 Å². The molecule has 0 aromatic heterocycles. The Hall–Kier alpha value is -3.13. The van der Waals surface area contributed by atoms with Crippen molar-refractivity contribution >= 4 is 40.8 Å². The third kappa shape index (κ3) is 4.58. The van der Waals surface area contributed by atoms with E-state index in [2.05, 4.69) is 10.6 Å². The second-order valence-corrected chi connectivity index (χ2v) is 6.45. The predicted octanol–water partition coefficient (Wildman–Crippen LogP) is 3.14. The number of nitrogens with one attached hydrogen (secondary N) is 2. The van der Waals surface area contributed by atoms with E-state index in [0.29, 0.717) is 11.4 Å². The van der Waals surface area contributed by atoms with E-state index in [-0.39, 0.29) is 17.1 Å². The Labute approximate surface area is 164 Å². The number of carbonyl (C=O) groups is 3. The molecule has 0 saturated carbocycles. The summed E-state index contributed by atoms with van der Waals surface area (Å²) in [5, 5.41) is 4.95. The quantitative estimate of drug-likeness (QED) is 0.744. The van der Waals surface area contributed by atoms with Crippen LogP contribution in [-0.4, -0.2) is 30.0 Å². The van der Waals surface area contributed by atoms with Gasteiger partial charge in [-0.1, -0.05) is 23.7 Å². The minimum atomic E-state index is -1.14. The zero-order valence-electron chi connectivity index (χ0n) is 14.7. The van der Waals surface area contributed by atoms with Gasteiger partial charge in [-0.05, 0) is 37.3 Å². The Bertz CT molecular complexity index is 936. The maximum absolute atomic E-state index is 13.2. The van der Waals surface area contributed by atoms with E-state index in [4.69, 9.17) is 21.1 Å². The lowest BCUT2D eigenvalue weighted by Crippen LogP contribution is -2.40. The molecule has 3 rings (SSSR count). The molecule has 7 nitrogen and oxygen atoms in total. The third-order valence-electron chi connectivity index (χ3n) is 3.92. The van der Waals surface area contributed by atoms with Crippen molar-refractivity contribution in [3.8, 4) is 5.75 Å². The molecule has 0 radical (unpaired) electrons. The van der Waals surface area contributed by atoms with Crippen LogP contribution >= 0.6 is 11.6 Å². The Morgan fingerprint density at radius 3 is 2.82 bits per heavy atom. The van der Waals surface area contributed by atoms with Gasteiger partial charge >= 0.3 is 5.97 Å². The van der Waals surface area contributed by atoms with E-state index in [9.17, 15) is 18.8 Å². The first-order chi connectivity index (χ1) is 13.3. The van der Waals surface area contributed by atoms with Crippen LogP contribution in [0.25, 0.3) is 0 Å². The summed E-state index contributed by atoms with van der Waals surface area (Å²) in [4.78, 5) is 36.3. The van der Waals surface area contributed by atoms with Gasteiger partial charge in [-0.2, -0.15) is 0 Å². The molecule has 1 heterocycles. The molecule has 146 valence electrons. The maximum Gasteiger partial charge on any atom is 0.310 e. The van der Waals surface area contributed by atoms with Gasteiger partial charge in [-0.15, -0.1) is 0 Å². The highest BCUT2D eigenvalue weighted by Gasteiger charge is 2.31. The molecular formula is C19H16ClFN2O5. The number of hydrogen-bond donors (Lipinski definition) is 2. The minimum Gasteiger partial charge on any atom is -0.478 e. The van der Waals surface area contributed by atoms with E-state index in [1.54, 1.807) is 24.3 Å². The summed E-state index contributed by atoms with van der Waals surface area (Å²) in [5.74, 6) is -2.06. The second kappa shape index (κ2) is 8.26. The Morgan fingerprint density at radius 2 is 2.07 bits per heavy atom. The monoisotopic (exact) mass is 406 g/mol. The van der Waals surface area contributed by atoms with Crippen molar-refractivity contribution in [2.45, 2.75) is 25.6 Å². The molecule has 1 aliphatic heterocycles. The van der Waals surface area contributed by atoms with Crippen molar-refractivity contribution in [3.63, 3.8) is 0 Å². The Morgan fingerprint density at radius 1 is 1.32 bits per heavy atom. The summed E-state index contributed by atoms with van der Waals surface area (Å²) < 4.78 is 23.7. The fraction of sp³-hybridized carbons (Fsp3) is 0.211. The predicted molar refractivity (Wildman–Crippen MR) is 99.7 cm³/mol. The lowest BCUT2D eigenvalue weighted by Gasteiger charge is -2.25. The SMILES string of the molecule is C[C@H](OC(=O)C[C@@H]1Oc2ccccc2NC1=O)C(=O)Nc1ccc(F)c(Cl)c1. The summed E-state index contributed by atoms with van der Waals surface area (Å²) >= 11 is 5.66. The molecule has 2 aromatic rings. The van der Waals surface area contributed by atoms with Gasteiger partial charge in [0, 0.05) is 5.69 Å². The first-order valence-corrected chi connectivity index (χ1v) is 8.73. The largest absolute Gasteiger partial charge is 0.478 e. The number of amides is 2. The van der Waals surface area contributed by atoms with Gasteiger partial charge in [0.05, 0.1) is 17.1 Å². The van der Waals surface area contributed by atoms with Crippen LogP contribution in [0.1, 0.15) is 13.3 Å². The molecule has 2 aromatic carbocycles. The molecule has 0 bridgehead atoms. The highest BCUT2D eigenvalue weighted by Crippen LogP contribution is 2.29. The van der Waals surface area contributed by atoms with Gasteiger partial charge in [-0.25, -0.2) is 4.39 Å². The molecular weight excluding hydrogens is 391 g/mol. The summed E-state index contributed by atoms with van der Waals surface area (Å²) in [7, 11) is 0.